The lowest BCUT2D eigenvalue weighted by atomic mass is 9.91. The Morgan fingerprint density at radius 3 is 2.87 bits per heavy atom. The third kappa shape index (κ3) is 3.17. The number of aromatic nitrogens is 1. The van der Waals surface area contributed by atoms with Crippen molar-refractivity contribution in [1.82, 2.24) is 4.98 Å². The molecule has 0 bridgehead atoms. The van der Waals surface area contributed by atoms with Gasteiger partial charge in [-0.15, -0.1) is 0 Å². The molecule has 118 valence electrons. The molecule has 0 saturated carbocycles. The number of hydrogen-bond donors (Lipinski definition) is 2. The van der Waals surface area contributed by atoms with Gasteiger partial charge in [-0.2, -0.15) is 0 Å². The monoisotopic (exact) mass is 334 g/mol. The van der Waals surface area contributed by atoms with Crippen molar-refractivity contribution in [2.24, 2.45) is 5.92 Å². The Kier molecular flexibility index (Phi) is 4.00. The first-order valence-electron chi connectivity index (χ1n) is 6.91. The summed E-state index contributed by atoms with van der Waals surface area (Å²) < 4.78 is 13.3. The van der Waals surface area contributed by atoms with E-state index < -0.39 is 17.7 Å². The molecule has 1 aromatic heterocycles. The number of pyridine rings is 1. The van der Waals surface area contributed by atoms with Crippen LogP contribution in [0.4, 0.5) is 10.2 Å². The van der Waals surface area contributed by atoms with Gasteiger partial charge in [-0.25, -0.2) is 9.37 Å². The number of nitrogens with one attached hydrogen (secondary N) is 1. The number of fused-ring (bicyclic) bond motifs is 1. The summed E-state index contributed by atoms with van der Waals surface area (Å²) in [5.74, 6) is -2.08. The van der Waals surface area contributed by atoms with Crippen LogP contribution in [0, 0.1) is 11.7 Å². The van der Waals surface area contributed by atoms with Gasteiger partial charge in [0.05, 0.1) is 17.4 Å². The summed E-state index contributed by atoms with van der Waals surface area (Å²) in [4.78, 5) is 26.9. The first kappa shape index (κ1) is 15.4. The molecule has 1 amide bonds. The largest absolute Gasteiger partial charge is 0.481 e. The fourth-order valence-electron chi connectivity index (χ4n) is 2.56. The molecule has 7 heteroatoms. The van der Waals surface area contributed by atoms with E-state index in [1.807, 2.05) is 0 Å². The molecule has 2 heterocycles. The third-order valence-electron chi connectivity index (χ3n) is 3.72. The topological polar surface area (TPSA) is 79.3 Å². The zero-order chi connectivity index (χ0) is 16.6. The third-order valence-corrected chi connectivity index (χ3v) is 4.01. The molecule has 5 nitrogen and oxygen atoms in total. The maximum atomic E-state index is 13.3. The molecule has 0 radical (unpaired) electrons. The van der Waals surface area contributed by atoms with E-state index in [0.717, 1.165) is 11.1 Å². The van der Waals surface area contributed by atoms with Crippen molar-refractivity contribution in [3.8, 4) is 11.1 Å². The average Bonchev–Trinajstić information content (AvgIpc) is 2.50. The van der Waals surface area contributed by atoms with Gasteiger partial charge in [-0.05, 0) is 35.7 Å². The number of carboxylic acids is 1. The van der Waals surface area contributed by atoms with Gasteiger partial charge in [0.25, 0.3) is 0 Å². The van der Waals surface area contributed by atoms with Crippen molar-refractivity contribution < 1.29 is 19.1 Å². The highest BCUT2D eigenvalue weighted by molar-refractivity contribution is 6.31. The van der Waals surface area contributed by atoms with E-state index >= 15 is 0 Å². The first-order valence-corrected chi connectivity index (χ1v) is 7.29. The highest BCUT2D eigenvalue weighted by Gasteiger charge is 2.29. The number of hydrogen-bond acceptors (Lipinski definition) is 3. The molecule has 0 saturated heterocycles. The van der Waals surface area contributed by atoms with Crippen molar-refractivity contribution in [1.29, 1.82) is 0 Å². The lowest BCUT2D eigenvalue weighted by molar-refractivity contribution is -0.140. The minimum atomic E-state index is -1.02. The van der Waals surface area contributed by atoms with Crippen molar-refractivity contribution in [2.75, 3.05) is 5.32 Å². The van der Waals surface area contributed by atoms with E-state index in [0.29, 0.717) is 17.8 Å². The van der Waals surface area contributed by atoms with Gasteiger partial charge in [-0.1, -0.05) is 17.7 Å². The molecular formula is C16H12ClFN2O3. The van der Waals surface area contributed by atoms with Crippen LogP contribution < -0.4 is 5.32 Å². The lowest BCUT2D eigenvalue weighted by Gasteiger charge is -2.23. The highest BCUT2D eigenvalue weighted by atomic mass is 35.5. The van der Waals surface area contributed by atoms with Crippen LogP contribution in [0.15, 0.2) is 30.5 Å². The summed E-state index contributed by atoms with van der Waals surface area (Å²) >= 11 is 5.79. The number of halogens is 2. The number of carboxylic acid groups (broad SMARTS) is 1. The van der Waals surface area contributed by atoms with Crippen LogP contribution in [-0.4, -0.2) is 22.0 Å². The predicted molar refractivity (Wildman–Crippen MR) is 82.7 cm³/mol. The number of aliphatic carboxylic acids is 1. The number of rotatable bonds is 3. The molecule has 1 aliphatic heterocycles. The summed E-state index contributed by atoms with van der Waals surface area (Å²) in [6.45, 7) is 0. The Labute approximate surface area is 136 Å². The van der Waals surface area contributed by atoms with E-state index in [-0.39, 0.29) is 17.4 Å². The molecule has 1 aromatic carbocycles. The zero-order valence-corrected chi connectivity index (χ0v) is 12.6. The standard InChI is InChI=1S/C16H12ClFN2O3/c17-12-5-8(1-2-13(12)18)11-4-9-3-10(6-14(21)22)16(23)20-15(9)19-7-11/h1-2,4-5,7,10H,3,6H2,(H,21,22)(H,19,20,23). The average molecular weight is 335 g/mol. The summed E-state index contributed by atoms with van der Waals surface area (Å²) in [5, 5.41) is 11.5. The maximum Gasteiger partial charge on any atom is 0.304 e. The van der Waals surface area contributed by atoms with Gasteiger partial charge in [0, 0.05) is 11.8 Å². The molecule has 3 rings (SSSR count). The smallest absolute Gasteiger partial charge is 0.304 e. The Morgan fingerprint density at radius 2 is 2.17 bits per heavy atom. The van der Waals surface area contributed by atoms with Crippen LogP contribution >= 0.6 is 11.6 Å². The molecule has 23 heavy (non-hydrogen) atoms. The number of amides is 1. The van der Waals surface area contributed by atoms with Crippen molar-refractivity contribution in [2.45, 2.75) is 12.8 Å². The second-order valence-corrected chi connectivity index (χ2v) is 5.76. The Balaban J connectivity index is 1.94. The minimum Gasteiger partial charge on any atom is -0.481 e. The van der Waals surface area contributed by atoms with E-state index in [4.69, 9.17) is 16.7 Å². The molecule has 0 fully saturated rings. The summed E-state index contributed by atoms with van der Waals surface area (Å²) in [5.41, 5.74) is 2.16. The first-order chi connectivity index (χ1) is 10.9. The fraction of sp³-hybridized carbons (Fsp3) is 0.188. The van der Waals surface area contributed by atoms with Crippen LogP contribution in [0.1, 0.15) is 12.0 Å². The van der Waals surface area contributed by atoms with Gasteiger partial charge < -0.3 is 10.4 Å². The zero-order valence-electron chi connectivity index (χ0n) is 11.8. The lowest BCUT2D eigenvalue weighted by Crippen LogP contribution is -2.32. The number of carbonyl (C=O) groups is 2. The van der Waals surface area contributed by atoms with Crippen LogP contribution in [0.5, 0.6) is 0 Å². The second-order valence-electron chi connectivity index (χ2n) is 5.35. The van der Waals surface area contributed by atoms with Gasteiger partial charge in [-0.3, -0.25) is 9.59 Å². The van der Waals surface area contributed by atoms with Crippen molar-refractivity contribution in [3.05, 3.63) is 46.9 Å². The van der Waals surface area contributed by atoms with E-state index in [9.17, 15) is 14.0 Å². The maximum absolute atomic E-state index is 13.3. The Hall–Kier alpha value is -2.47. The summed E-state index contributed by atoms with van der Waals surface area (Å²) in [6.07, 6.45) is 1.61. The van der Waals surface area contributed by atoms with Crippen LogP contribution in [0.3, 0.4) is 0 Å². The second kappa shape index (κ2) is 5.96. The number of benzene rings is 1. The predicted octanol–water partition coefficient (Wildman–Crippen LogP) is 3.13. The molecule has 2 aromatic rings. The van der Waals surface area contributed by atoms with Crippen LogP contribution in [-0.2, 0) is 16.0 Å². The number of carbonyl (C=O) groups excluding carboxylic acids is 1. The van der Waals surface area contributed by atoms with Crippen LogP contribution in [0.25, 0.3) is 11.1 Å². The molecule has 2 N–H and O–H groups in total. The van der Waals surface area contributed by atoms with Gasteiger partial charge in [0.2, 0.25) is 5.91 Å². The molecule has 1 unspecified atom stereocenters. The van der Waals surface area contributed by atoms with E-state index in [1.54, 1.807) is 18.3 Å². The number of nitrogens with zero attached hydrogens (tertiary/aromatic N) is 1. The molecule has 0 aliphatic carbocycles. The molecule has 0 spiro atoms. The highest BCUT2D eigenvalue weighted by Crippen LogP contribution is 2.31. The molecule has 1 aliphatic rings. The van der Waals surface area contributed by atoms with E-state index in [2.05, 4.69) is 10.3 Å². The number of anilines is 1. The van der Waals surface area contributed by atoms with Gasteiger partial charge in [0.1, 0.15) is 11.6 Å². The van der Waals surface area contributed by atoms with Crippen LogP contribution in [0.2, 0.25) is 5.02 Å². The molecule has 1 atom stereocenters. The van der Waals surface area contributed by atoms with E-state index in [1.165, 1.54) is 12.1 Å². The Bertz CT molecular complexity index is 810. The van der Waals surface area contributed by atoms with Crippen molar-refractivity contribution in [3.63, 3.8) is 0 Å². The van der Waals surface area contributed by atoms with Crippen molar-refractivity contribution >= 4 is 29.3 Å². The minimum absolute atomic E-state index is 0.0114. The quantitative estimate of drug-likeness (QED) is 0.903. The van der Waals surface area contributed by atoms with Gasteiger partial charge >= 0.3 is 5.97 Å². The fourth-order valence-corrected chi connectivity index (χ4v) is 2.75. The van der Waals surface area contributed by atoms with Gasteiger partial charge in [0.15, 0.2) is 0 Å². The summed E-state index contributed by atoms with van der Waals surface area (Å²) in [6, 6.07) is 6.16. The normalized spacial score (nSPS) is 16.6. The summed E-state index contributed by atoms with van der Waals surface area (Å²) in [7, 11) is 0. The molecular weight excluding hydrogens is 323 g/mol. The SMILES string of the molecule is O=C(O)CC1Cc2cc(-c3ccc(F)c(Cl)c3)cnc2NC1=O. The Morgan fingerprint density at radius 1 is 1.39 bits per heavy atom.